The quantitative estimate of drug-likeness (QED) is 0.0222. The van der Waals surface area contributed by atoms with Gasteiger partial charge in [0, 0.05) is 25.7 Å². The van der Waals surface area contributed by atoms with Crippen LogP contribution in [0.15, 0.2) is 0 Å². The van der Waals surface area contributed by atoms with Crippen LogP contribution in [0.2, 0.25) is 0 Å². The van der Waals surface area contributed by atoms with Crippen molar-refractivity contribution in [1.82, 2.24) is 0 Å². The lowest BCUT2D eigenvalue weighted by Crippen LogP contribution is -2.30. The maximum absolute atomic E-state index is 13.1. The molecule has 19 heteroatoms. The number of aliphatic hydroxyl groups excluding tert-OH is 1. The average molecular weight is 1470 g/mol. The standard InChI is InChI=1S/C81H158O17P2/c1-8-9-10-11-12-13-14-15-16-17-18-19-20-23-27-35-43-50-57-64-80(85)97-76(68-91-78(83)62-55-48-41-34-26-24-21-22-25-31-38-45-52-59-72(2)3)70-95-99(87,88)93-66-75(82)67-94-100(89,90)96-71-77(69-92-79(84)63-56-49-42-37-30-33-40-47-54-61-74(6)7)98-81(86)65-58-51-44-36-29-28-32-39-46-53-60-73(4)5/h72-77,82H,8-71H2,1-7H3,(H,87,88)(H,89,90)/t75-,76-,77-/m1/s1. The van der Waals surface area contributed by atoms with Gasteiger partial charge in [0.25, 0.3) is 0 Å². The van der Waals surface area contributed by atoms with Crippen molar-refractivity contribution < 1.29 is 80.2 Å². The van der Waals surface area contributed by atoms with Crippen molar-refractivity contribution in [2.24, 2.45) is 17.8 Å². The molecule has 0 aromatic heterocycles. The fraction of sp³-hybridized carbons (Fsp3) is 0.951. The number of ether oxygens (including phenoxy) is 4. The van der Waals surface area contributed by atoms with E-state index in [0.29, 0.717) is 25.7 Å². The van der Waals surface area contributed by atoms with Gasteiger partial charge in [-0.3, -0.25) is 37.3 Å². The molecule has 0 amide bonds. The second-order valence-electron chi connectivity index (χ2n) is 30.6. The van der Waals surface area contributed by atoms with Gasteiger partial charge in [0.1, 0.15) is 19.3 Å². The minimum atomic E-state index is -4.96. The first-order chi connectivity index (χ1) is 48.2. The summed E-state index contributed by atoms with van der Waals surface area (Å²) >= 11 is 0. The maximum atomic E-state index is 13.1. The van der Waals surface area contributed by atoms with E-state index >= 15 is 0 Å². The number of hydrogen-bond donors (Lipinski definition) is 3. The lowest BCUT2D eigenvalue weighted by Gasteiger charge is -2.21. The van der Waals surface area contributed by atoms with E-state index in [9.17, 15) is 43.2 Å². The molecule has 0 rings (SSSR count). The summed E-state index contributed by atoms with van der Waals surface area (Å²) in [5.74, 6) is 0.176. The van der Waals surface area contributed by atoms with Crippen LogP contribution >= 0.6 is 15.6 Å². The lowest BCUT2D eigenvalue weighted by atomic mass is 10.0. The summed E-state index contributed by atoms with van der Waals surface area (Å²) in [7, 11) is -9.92. The van der Waals surface area contributed by atoms with Crippen molar-refractivity contribution in [1.29, 1.82) is 0 Å². The van der Waals surface area contributed by atoms with Gasteiger partial charge < -0.3 is 33.8 Å². The van der Waals surface area contributed by atoms with Gasteiger partial charge in [0.2, 0.25) is 0 Å². The molecule has 0 aliphatic heterocycles. The molecular weight excluding hydrogens is 1310 g/mol. The van der Waals surface area contributed by atoms with Crippen LogP contribution in [0, 0.1) is 17.8 Å². The minimum absolute atomic E-state index is 0.106. The molecule has 0 aliphatic rings. The molecule has 3 N–H and O–H groups in total. The van der Waals surface area contributed by atoms with Gasteiger partial charge in [-0.15, -0.1) is 0 Å². The molecule has 0 aromatic carbocycles. The summed E-state index contributed by atoms with van der Waals surface area (Å²) < 4.78 is 68.7. The van der Waals surface area contributed by atoms with Gasteiger partial charge in [-0.05, 0) is 43.4 Å². The number of esters is 4. The summed E-state index contributed by atoms with van der Waals surface area (Å²) in [6.07, 6.45) is 59.7. The molecule has 0 saturated carbocycles. The fourth-order valence-electron chi connectivity index (χ4n) is 12.5. The molecule has 17 nitrogen and oxygen atoms in total. The zero-order valence-electron chi connectivity index (χ0n) is 65.7. The molecule has 0 aliphatic carbocycles. The first-order valence-corrected chi connectivity index (χ1v) is 44.8. The van der Waals surface area contributed by atoms with Crippen LogP contribution < -0.4 is 0 Å². The molecule has 5 atom stereocenters. The molecule has 0 fully saturated rings. The molecule has 0 saturated heterocycles. The monoisotopic (exact) mass is 1470 g/mol. The van der Waals surface area contributed by atoms with Gasteiger partial charge >= 0.3 is 39.5 Å². The molecule has 100 heavy (non-hydrogen) atoms. The number of rotatable bonds is 79. The third-order valence-corrected chi connectivity index (χ3v) is 20.8. The van der Waals surface area contributed by atoms with Gasteiger partial charge in [-0.1, -0.05) is 370 Å². The topological polar surface area (TPSA) is 237 Å². The van der Waals surface area contributed by atoms with Crippen LogP contribution in [-0.4, -0.2) is 96.7 Å². The third kappa shape index (κ3) is 74.3. The first-order valence-electron chi connectivity index (χ1n) is 41.8. The summed E-state index contributed by atoms with van der Waals surface area (Å²) in [6.45, 7) is 11.9. The summed E-state index contributed by atoms with van der Waals surface area (Å²) in [5.41, 5.74) is 0. The van der Waals surface area contributed by atoms with Crippen molar-refractivity contribution in [3.63, 3.8) is 0 Å². The van der Waals surface area contributed by atoms with Crippen LogP contribution in [0.3, 0.4) is 0 Å². The van der Waals surface area contributed by atoms with E-state index in [1.54, 1.807) is 0 Å². The summed E-state index contributed by atoms with van der Waals surface area (Å²) in [4.78, 5) is 73.0. The third-order valence-electron chi connectivity index (χ3n) is 18.9. The zero-order valence-corrected chi connectivity index (χ0v) is 67.5. The Morgan fingerprint density at radius 2 is 0.460 bits per heavy atom. The second-order valence-corrected chi connectivity index (χ2v) is 33.5. The van der Waals surface area contributed by atoms with Gasteiger partial charge in [-0.25, -0.2) is 9.13 Å². The van der Waals surface area contributed by atoms with E-state index in [4.69, 9.17) is 37.0 Å². The van der Waals surface area contributed by atoms with Crippen molar-refractivity contribution in [3.05, 3.63) is 0 Å². The summed E-state index contributed by atoms with van der Waals surface area (Å²) in [6, 6.07) is 0. The highest BCUT2D eigenvalue weighted by Gasteiger charge is 2.30. The maximum Gasteiger partial charge on any atom is 0.472 e. The number of phosphoric ester groups is 2. The number of unbranched alkanes of at least 4 members (excludes halogenated alkanes) is 47. The average Bonchev–Trinajstić information content (AvgIpc) is 0.926. The fourth-order valence-corrected chi connectivity index (χ4v) is 14.1. The van der Waals surface area contributed by atoms with E-state index in [-0.39, 0.29) is 25.7 Å². The van der Waals surface area contributed by atoms with Gasteiger partial charge in [0.05, 0.1) is 26.4 Å². The highest BCUT2D eigenvalue weighted by Crippen LogP contribution is 2.45. The lowest BCUT2D eigenvalue weighted by molar-refractivity contribution is -0.161. The number of phosphoric acid groups is 2. The predicted octanol–water partition coefficient (Wildman–Crippen LogP) is 24.1. The molecule has 0 aromatic rings. The minimum Gasteiger partial charge on any atom is -0.462 e. The van der Waals surface area contributed by atoms with Crippen molar-refractivity contribution in [2.75, 3.05) is 39.6 Å². The van der Waals surface area contributed by atoms with E-state index in [1.165, 1.54) is 231 Å². The first kappa shape index (κ1) is 98.1. The molecular formula is C81H158O17P2. The second kappa shape index (κ2) is 71.3. The van der Waals surface area contributed by atoms with Crippen LogP contribution in [0.1, 0.15) is 421 Å². The van der Waals surface area contributed by atoms with Crippen molar-refractivity contribution in [3.8, 4) is 0 Å². The Morgan fingerprint density at radius 3 is 0.680 bits per heavy atom. The Morgan fingerprint density at radius 1 is 0.270 bits per heavy atom. The van der Waals surface area contributed by atoms with Crippen LogP contribution in [0.4, 0.5) is 0 Å². The summed E-state index contributed by atoms with van der Waals surface area (Å²) in [5, 5.41) is 10.6. The predicted molar refractivity (Wildman–Crippen MR) is 409 cm³/mol. The van der Waals surface area contributed by atoms with E-state index in [0.717, 1.165) is 108 Å². The molecule has 594 valence electrons. The van der Waals surface area contributed by atoms with Gasteiger partial charge in [-0.2, -0.15) is 0 Å². The molecule has 2 unspecified atom stereocenters. The highest BCUT2D eigenvalue weighted by molar-refractivity contribution is 7.47. The number of carbonyl (C=O) groups is 4. The normalized spacial score (nSPS) is 14.0. The smallest absolute Gasteiger partial charge is 0.462 e. The largest absolute Gasteiger partial charge is 0.472 e. The Kier molecular flexibility index (Phi) is 69.9. The van der Waals surface area contributed by atoms with Gasteiger partial charge in [0.15, 0.2) is 12.2 Å². The molecule has 0 radical (unpaired) electrons. The van der Waals surface area contributed by atoms with E-state index in [2.05, 4.69) is 48.5 Å². The zero-order chi connectivity index (χ0) is 73.7. The SMILES string of the molecule is CCCCCCCCCCCCCCCCCCCCCC(=O)O[C@H](COC(=O)CCCCCCCCCCCCCCCC(C)C)COP(=O)(O)OC[C@@H](O)COP(=O)(O)OC[C@@H](COC(=O)CCCCCCCCCCCC(C)C)OC(=O)CCCCCCCCCCCCC(C)C. The number of aliphatic hydroxyl groups is 1. The Hall–Kier alpha value is -1.94. The molecule has 0 spiro atoms. The van der Waals surface area contributed by atoms with E-state index in [1.807, 2.05) is 0 Å². The van der Waals surface area contributed by atoms with Crippen molar-refractivity contribution >= 4 is 39.5 Å². The highest BCUT2D eigenvalue weighted by atomic mass is 31.2. The Labute approximate surface area is 613 Å². The van der Waals surface area contributed by atoms with Crippen LogP contribution in [0.5, 0.6) is 0 Å². The van der Waals surface area contributed by atoms with Crippen LogP contribution in [0.25, 0.3) is 0 Å². The van der Waals surface area contributed by atoms with E-state index < -0.39 is 97.5 Å². The van der Waals surface area contributed by atoms with Crippen LogP contribution in [-0.2, 0) is 65.4 Å². The number of carbonyl (C=O) groups excluding carboxylic acids is 4. The van der Waals surface area contributed by atoms with Crippen molar-refractivity contribution in [2.45, 2.75) is 439 Å². The Bertz CT molecular complexity index is 1940. The molecule has 0 bridgehead atoms. The Balaban J connectivity index is 5.26. The molecule has 0 heterocycles. The number of hydrogen-bond acceptors (Lipinski definition) is 15.